The van der Waals surface area contributed by atoms with E-state index < -0.39 is 0 Å². The molecule has 0 bridgehead atoms. The molecule has 2 nitrogen and oxygen atoms in total. The van der Waals surface area contributed by atoms with Gasteiger partial charge in [0.25, 0.3) is 0 Å². The molecular formula is C8H12O2. The number of rotatable bonds is 0. The molecule has 1 fully saturated rings. The van der Waals surface area contributed by atoms with Crippen LogP contribution in [0.25, 0.3) is 0 Å². The lowest BCUT2D eigenvalue weighted by molar-refractivity contribution is 0.120. The van der Waals surface area contributed by atoms with Crippen molar-refractivity contribution in [2.75, 3.05) is 0 Å². The van der Waals surface area contributed by atoms with Gasteiger partial charge >= 0.3 is 0 Å². The molecular weight excluding hydrogens is 128 g/mol. The lowest BCUT2D eigenvalue weighted by atomic mass is 9.98. The van der Waals surface area contributed by atoms with Crippen LogP contribution in [0.5, 0.6) is 0 Å². The summed E-state index contributed by atoms with van der Waals surface area (Å²) in [6.07, 6.45) is 5.04. The third-order valence-corrected chi connectivity index (χ3v) is 2.68. The molecule has 0 aromatic rings. The Morgan fingerprint density at radius 2 is 2.00 bits per heavy atom. The summed E-state index contributed by atoms with van der Waals surface area (Å²) in [5.41, 5.74) is 0. The Morgan fingerprint density at radius 1 is 1.20 bits per heavy atom. The highest BCUT2D eigenvalue weighted by atomic mass is 16.3. The molecule has 0 radical (unpaired) electrons. The van der Waals surface area contributed by atoms with Gasteiger partial charge in [0.05, 0.1) is 12.2 Å². The second-order valence-electron chi connectivity index (χ2n) is 3.28. The fourth-order valence-corrected chi connectivity index (χ4v) is 2.10. The van der Waals surface area contributed by atoms with Gasteiger partial charge in [0.1, 0.15) is 0 Å². The van der Waals surface area contributed by atoms with E-state index in [2.05, 4.69) is 6.08 Å². The van der Waals surface area contributed by atoms with E-state index in [4.69, 9.17) is 0 Å². The highest BCUT2D eigenvalue weighted by molar-refractivity contribution is 5.10. The van der Waals surface area contributed by atoms with Crippen molar-refractivity contribution in [1.29, 1.82) is 0 Å². The van der Waals surface area contributed by atoms with Crippen LogP contribution in [-0.4, -0.2) is 22.4 Å². The van der Waals surface area contributed by atoms with Crippen LogP contribution in [0.2, 0.25) is 0 Å². The average molecular weight is 140 g/mol. The zero-order valence-corrected chi connectivity index (χ0v) is 5.77. The lowest BCUT2D eigenvalue weighted by Gasteiger charge is -2.12. The molecule has 0 aliphatic heterocycles. The highest BCUT2D eigenvalue weighted by Gasteiger charge is 2.41. The molecule has 10 heavy (non-hydrogen) atoms. The standard InChI is InChI=1S/C8H12O2/c9-7-4-8(10)6-3-1-2-5(6)7/h1-2,5-10H,3-4H2/t5-,6+,7-,8+/m1/s1. The van der Waals surface area contributed by atoms with Crippen molar-refractivity contribution in [3.8, 4) is 0 Å². The molecule has 56 valence electrons. The normalized spacial score (nSPS) is 51.8. The number of hydrogen-bond acceptors (Lipinski definition) is 2. The fraction of sp³-hybridized carbons (Fsp3) is 0.750. The first-order valence-corrected chi connectivity index (χ1v) is 3.82. The summed E-state index contributed by atoms with van der Waals surface area (Å²) in [5, 5.41) is 18.7. The fourth-order valence-electron chi connectivity index (χ4n) is 2.10. The Hall–Kier alpha value is -0.340. The smallest absolute Gasteiger partial charge is 0.0631 e. The quantitative estimate of drug-likeness (QED) is 0.475. The zero-order chi connectivity index (χ0) is 7.14. The van der Waals surface area contributed by atoms with E-state index in [-0.39, 0.29) is 18.1 Å². The first-order valence-electron chi connectivity index (χ1n) is 3.82. The minimum absolute atomic E-state index is 0.245. The predicted octanol–water partition coefficient (Wildman–Crippen LogP) is 0.304. The summed E-state index contributed by atoms with van der Waals surface area (Å²) < 4.78 is 0. The van der Waals surface area contributed by atoms with Crippen molar-refractivity contribution in [3.63, 3.8) is 0 Å². The number of hydrogen-bond donors (Lipinski definition) is 2. The van der Waals surface area contributed by atoms with E-state index in [1.165, 1.54) is 0 Å². The Balaban J connectivity index is 2.17. The Bertz CT molecular complexity index is 165. The summed E-state index contributed by atoms with van der Waals surface area (Å²) in [4.78, 5) is 0. The van der Waals surface area contributed by atoms with E-state index in [1.54, 1.807) is 0 Å². The van der Waals surface area contributed by atoms with Gasteiger partial charge in [-0.15, -0.1) is 0 Å². The Morgan fingerprint density at radius 3 is 2.70 bits per heavy atom. The topological polar surface area (TPSA) is 40.5 Å². The van der Waals surface area contributed by atoms with Crippen LogP contribution in [0.4, 0.5) is 0 Å². The monoisotopic (exact) mass is 140 g/mol. The SMILES string of the molecule is O[C@@H]1C[C@H](O)[C@H]2CC=C[C@H]21. The molecule has 4 atom stereocenters. The highest BCUT2D eigenvalue weighted by Crippen LogP contribution is 2.39. The van der Waals surface area contributed by atoms with Gasteiger partial charge in [-0.3, -0.25) is 0 Å². The lowest BCUT2D eigenvalue weighted by Crippen LogP contribution is -2.15. The molecule has 0 aromatic heterocycles. The third-order valence-electron chi connectivity index (χ3n) is 2.68. The number of aliphatic hydroxyl groups is 2. The first kappa shape index (κ1) is 6.38. The number of aliphatic hydroxyl groups excluding tert-OH is 2. The molecule has 0 heterocycles. The minimum Gasteiger partial charge on any atom is -0.393 e. The van der Waals surface area contributed by atoms with Gasteiger partial charge in [-0.2, -0.15) is 0 Å². The molecule has 0 aromatic carbocycles. The first-order chi connectivity index (χ1) is 4.79. The summed E-state index contributed by atoms with van der Waals surface area (Å²) in [7, 11) is 0. The maximum atomic E-state index is 9.37. The molecule has 0 amide bonds. The van der Waals surface area contributed by atoms with Gasteiger partial charge in [0, 0.05) is 12.3 Å². The van der Waals surface area contributed by atoms with E-state index in [9.17, 15) is 10.2 Å². The molecule has 2 heteroatoms. The summed E-state index contributed by atoms with van der Waals surface area (Å²) >= 11 is 0. The van der Waals surface area contributed by atoms with Crippen molar-refractivity contribution >= 4 is 0 Å². The van der Waals surface area contributed by atoms with Crippen molar-refractivity contribution in [3.05, 3.63) is 12.2 Å². The largest absolute Gasteiger partial charge is 0.393 e. The van der Waals surface area contributed by atoms with Crippen LogP contribution in [0.1, 0.15) is 12.8 Å². The van der Waals surface area contributed by atoms with E-state index in [0.717, 1.165) is 6.42 Å². The van der Waals surface area contributed by atoms with Crippen molar-refractivity contribution in [1.82, 2.24) is 0 Å². The van der Waals surface area contributed by atoms with Crippen molar-refractivity contribution in [2.24, 2.45) is 11.8 Å². The van der Waals surface area contributed by atoms with Crippen LogP contribution in [0, 0.1) is 11.8 Å². The van der Waals surface area contributed by atoms with E-state index in [1.807, 2.05) is 6.08 Å². The molecule has 2 rings (SSSR count). The molecule has 2 aliphatic rings. The summed E-state index contributed by atoms with van der Waals surface area (Å²) in [6.45, 7) is 0. The number of fused-ring (bicyclic) bond motifs is 1. The Labute approximate surface area is 60.2 Å². The van der Waals surface area contributed by atoms with Gasteiger partial charge < -0.3 is 10.2 Å². The average Bonchev–Trinajstić information content (AvgIpc) is 2.39. The van der Waals surface area contributed by atoms with Gasteiger partial charge in [0.2, 0.25) is 0 Å². The summed E-state index contributed by atoms with van der Waals surface area (Å²) in [6, 6.07) is 0. The van der Waals surface area contributed by atoms with Crippen LogP contribution in [-0.2, 0) is 0 Å². The van der Waals surface area contributed by atoms with E-state index >= 15 is 0 Å². The van der Waals surface area contributed by atoms with Gasteiger partial charge in [-0.25, -0.2) is 0 Å². The molecule has 0 spiro atoms. The van der Waals surface area contributed by atoms with Gasteiger partial charge in [0.15, 0.2) is 0 Å². The Kier molecular flexibility index (Phi) is 1.32. The van der Waals surface area contributed by atoms with Gasteiger partial charge in [-0.05, 0) is 12.3 Å². The van der Waals surface area contributed by atoms with Crippen molar-refractivity contribution in [2.45, 2.75) is 25.0 Å². The van der Waals surface area contributed by atoms with E-state index in [0.29, 0.717) is 12.3 Å². The number of allylic oxidation sites excluding steroid dienone is 1. The molecule has 0 saturated heterocycles. The molecule has 1 saturated carbocycles. The van der Waals surface area contributed by atoms with Crippen LogP contribution in [0.15, 0.2) is 12.2 Å². The minimum atomic E-state index is -0.293. The summed E-state index contributed by atoms with van der Waals surface area (Å²) in [5.74, 6) is 0.560. The zero-order valence-electron chi connectivity index (χ0n) is 5.77. The van der Waals surface area contributed by atoms with Crippen LogP contribution < -0.4 is 0 Å². The predicted molar refractivity (Wildman–Crippen MR) is 37.4 cm³/mol. The van der Waals surface area contributed by atoms with Crippen LogP contribution >= 0.6 is 0 Å². The molecule has 2 N–H and O–H groups in total. The second kappa shape index (κ2) is 2.07. The van der Waals surface area contributed by atoms with Crippen LogP contribution in [0.3, 0.4) is 0 Å². The van der Waals surface area contributed by atoms with Gasteiger partial charge in [-0.1, -0.05) is 12.2 Å². The maximum Gasteiger partial charge on any atom is 0.0631 e. The second-order valence-corrected chi connectivity index (χ2v) is 3.28. The maximum absolute atomic E-state index is 9.37. The molecule has 2 aliphatic carbocycles. The van der Waals surface area contributed by atoms with Crippen molar-refractivity contribution < 1.29 is 10.2 Å². The third kappa shape index (κ3) is 0.724. The molecule has 0 unspecified atom stereocenters.